The number of likely N-dealkylation sites (N-methyl/N-ethyl adjacent to an activating group) is 1. The Kier molecular flexibility index (Phi) is 3.18. The van der Waals surface area contributed by atoms with Crippen molar-refractivity contribution in [2.24, 2.45) is 0 Å². The normalized spacial score (nSPS) is 15.2. The first kappa shape index (κ1) is 11.1. The summed E-state index contributed by atoms with van der Waals surface area (Å²) in [4.78, 5) is 0. The fourth-order valence-electron chi connectivity index (χ4n) is 1.37. The Balaban J connectivity index is 3.06. The molecule has 0 bridgehead atoms. The first-order valence-corrected chi connectivity index (χ1v) is 4.30. The van der Waals surface area contributed by atoms with Crippen molar-refractivity contribution < 1.29 is 13.9 Å². The molecule has 1 atom stereocenters. The van der Waals surface area contributed by atoms with Gasteiger partial charge in [-0.1, -0.05) is 6.07 Å². The zero-order valence-corrected chi connectivity index (χ0v) is 8.14. The lowest BCUT2D eigenvalue weighted by molar-refractivity contribution is 0.0553. The van der Waals surface area contributed by atoms with E-state index in [9.17, 15) is 13.9 Å². The molecule has 78 valence electrons. The second kappa shape index (κ2) is 4.02. The Morgan fingerprint density at radius 2 is 2.07 bits per heavy atom. The third kappa shape index (κ3) is 2.27. The second-order valence-electron chi connectivity index (χ2n) is 3.43. The minimum absolute atomic E-state index is 0.0910. The molecule has 0 fully saturated rings. The Bertz CT molecular complexity index is 326. The molecule has 0 spiro atoms. The van der Waals surface area contributed by atoms with Gasteiger partial charge in [-0.25, -0.2) is 8.78 Å². The third-order valence-corrected chi connectivity index (χ3v) is 2.03. The van der Waals surface area contributed by atoms with Crippen LogP contribution in [0.1, 0.15) is 12.5 Å². The van der Waals surface area contributed by atoms with E-state index in [2.05, 4.69) is 5.32 Å². The lowest BCUT2D eigenvalue weighted by Gasteiger charge is -2.23. The smallest absolute Gasteiger partial charge is 0.132 e. The van der Waals surface area contributed by atoms with Crippen molar-refractivity contribution >= 4 is 0 Å². The summed E-state index contributed by atoms with van der Waals surface area (Å²) >= 11 is 0. The molecule has 0 saturated carbocycles. The molecule has 0 aliphatic rings. The topological polar surface area (TPSA) is 32.3 Å². The molecule has 2 nitrogen and oxygen atoms in total. The van der Waals surface area contributed by atoms with Crippen LogP contribution in [0.4, 0.5) is 8.78 Å². The van der Waals surface area contributed by atoms with Gasteiger partial charge in [-0.3, -0.25) is 0 Å². The van der Waals surface area contributed by atoms with Crippen LogP contribution in [-0.2, 0) is 5.60 Å². The van der Waals surface area contributed by atoms with Gasteiger partial charge in [0.25, 0.3) is 0 Å². The van der Waals surface area contributed by atoms with Crippen molar-refractivity contribution in [1.82, 2.24) is 5.32 Å². The summed E-state index contributed by atoms with van der Waals surface area (Å²) in [5, 5.41) is 12.6. The maximum absolute atomic E-state index is 13.2. The van der Waals surface area contributed by atoms with Crippen LogP contribution in [0.3, 0.4) is 0 Å². The summed E-state index contributed by atoms with van der Waals surface area (Å²) in [5.74, 6) is -1.38. The second-order valence-corrected chi connectivity index (χ2v) is 3.43. The first-order valence-electron chi connectivity index (χ1n) is 4.30. The van der Waals surface area contributed by atoms with Gasteiger partial charge in [-0.2, -0.15) is 0 Å². The minimum atomic E-state index is -1.33. The highest BCUT2D eigenvalue weighted by molar-refractivity contribution is 5.24. The average molecular weight is 201 g/mol. The Hall–Kier alpha value is -1.00. The lowest BCUT2D eigenvalue weighted by atomic mass is 9.95. The highest BCUT2D eigenvalue weighted by Crippen LogP contribution is 2.23. The number of aliphatic hydroxyl groups is 1. The van der Waals surface area contributed by atoms with Crippen LogP contribution in [0.15, 0.2) is 18.2 Å². The predicted octanol–water partition coefficient (Wildman–Crippen LogP) is 1.39. The van der Waals surface area contributed by atoms with E-state index in [-0.39, 0.29) is 12.1 Å². The van der Waals surface area contributed by atoms with Crippen LogP contribution in [0.5, 0.6) is 0 Å². The summed E-state index contributed by atoms with van der Waals surface area (Å²) < 4.78 is 25.8. The molecule has 2 N–H and O–H groups in total. The molecule has 0 aromatic heterocycles. The molecule has 4 heteroatoms. The molecule has 1 aromatic carbocycles. The summed E-state index contributed by atoms with van der Waals surface area (Å²) in [5.41, 5.74) is -1.24. The first-order chi connectivity index (χ1) is 6.47. The van der Waals surface area contributed by atoms with Gasteiger partial charge in [0.2, 0.25) is 0 Å². The summed E-state index contributed by atoms with van der Waals surface area (Å²) in [7, 11) is 1.65. The highest BCUT2D eigenvalue weighted by atomic mass is 19.1. The molecule has 14 heavy (non-hydrogen) atoms. The molecule has 1 aromatic rings. The van der Waals surface area contributed by atoms with Crippen molar-refractivity contribution in [2.45, 2.75) is 12.5 Å². The van der Waals surface area contributed by atoms with Crippen LogP contribution >= 0.6 is 0 Å². The van der Waals surface area contributed by atoms with Gasteiger partial charge in [0.05, 0.1) is 0 Å². The fraction of sp³-hybridized carbons (Fsp3) is 0.400. The van der Waals surface area contributed by atoms with Crippen molar-refractivity contribution in [3.63, 3.8) is 0 Å². The SMILES string of the molecule is CNCC(C)(O)c1ccc(F)cc1F. The van der Waals surface area contributed by atoms with E-state index in [1.165, 1.54) is 13.0 Å². The number of hydrogen-bond acceptors (Lipinski definition) is 2. The van der Waals surface area contributed by atoms with E-state index in [1.54, 1.807) is 7.05 Å². The largest absolute Gasteiger partial charge is 0.384 e. The van der Waals surface area contributed by atoms with Crippen molar-refractivity contribution in [3.8, 4) is 0 Å². The van der Waals surface area contributed by atoms with Gasteiger partial charge >= 0.3 is 0 Å². The molecule has 1 rings (SSSR count). The monoisotopic (exact) mass is 201 g/mol. The van der Waals surface area contributed by atoms with Crippen molar-refractivity contribution in [3.05, 3.63) is 35.4 Å². The Morgan fingerprint density at radius 1 is 1.43 bits per heavy atom. The maximum Gasteiger partial charge on any atom is 0.132 e. The molecule has 0 aliphatic heterocycles. The number of hydrogen-bond donors (Lipinski definition) is 2. The van der Waals surface area contributed by atoms with Gasteiger partial charge < -0.3 is 10.4 Å². The zero-order valence-electron chi connectivity index (χ0n) is 8.14. The van der Waals surface area contributed by atoms with Crippen LogP contribution in [-0.4, -0.2) is 18.7 Å². The number of rotatable bonds is 3. The van der Waals surface area contributed by atoms with Crippen LogP contribution in [0.25, 0.3) is 0 Å². The molecular weight excluding hydrogens is 188 g/mol. The number of benzene rings is 1. The molecule has 1 unspecified atom stereocenters. The van der Waals surface area contributed by atoms with Crippen molar-refractivity contribution in [2.75, 3.05) is 13.6 Å². The van der Waals surface area contributed by atoms with E-state index >= 15 is 0 Å². The van der Waals surface area contributed by atoms with Crippen molar-refractivity contribution in [1.29, 1.82) is 0 Å². The van der Waals surface area contributed by atoms with Crippen LogP contribution < -0.4 is 5.32 Å². The molecule has 0 amide bonds. The third-order valence-electron chi connectivity index (χ3n) is 2.03. The molecule has 0 heterocycles. The lowest BCUT2D eigenvalue weighted by Crippen LogP contribution is -2.34. The van der Waals surface area contributed by atoms with Crippen LogP contribution in [0, 0.1) is 11.6 Å². The Morgan fingerprint density at radius 3 is 2.57 bits per heavy atom. The van der Waals surface area contributed by atoms with Gasteiger partial charge in [0.1, 0.15) is 17.2 Å². The quantitative estimate of drug-likeness (QED) is 0.774. The molecule has 0 saturated heterocycles. The van der Waals surface area contributed by atoms with Gasteiger partial charge in [-0.15, -0.1) is 0 Å². The van der Waals surface area contributed by atoms with E-state index < -0.39 is 17.2 Å². The molecular formula is C10H13F2NO. The fourth-order valence-corrected chi connectivity index (χ4v) is 1.37. The highest BCUT2D eigenvalue weighted by Gasteiger charge is 2.25. The van der Waals surface area contributed by atoms with E-state index in [0.29, 0.717) is 0 Å². The summed E-state index contributed by atoms with van der Waals surface area (Å²) in [6, 6.07) is 3.14. The standard InChI is InChI=1S/C10H13F2NO/c1-10(14,6-13-2)8-4-3-7(11)5-9(8)12/h3-5,13-14H,6H2,1-2H3. The van der Waals surface area contributed by atoms with Crippen LogP contribution in [0.2, 0.25) is 0 Å². The summed E-state index contributed by atoms with van der Waals surface area (Å²) in [6.07, 6.45) is 0. The van der Waals surface area contributed by atoms with E-state index in [0.717, 1.165) is 12.1 Å². The molecule has 0 radical (unpaired) electrons. The predicted molar refractivity (Wildman–Crippen MR) is 49.9 cm³/mol. The number of halogens is 2. The maximum atomic E-state index is 13.2. The summed E-state index contributed by atoms with van der Waals surface area (Å²) in [6.45, 7) is 1.68. The van der Waals surface area contributed by atoms with Gasteiger partial charge in [0.15, 0.2) is 0 Å². The van der Waals surface area contributed by atoms with Gasteiger partial charge in [-0.05, 0) is 20.0 Å². The van der Waals surface area contributed by atoms with E-state index in [4.69, 9.17) is 0 Å². The average Bonchev–Trinajstić information content (AvgIpc) is 2.02. The zero-order chi connectivity index (χ0) is 10.8. The van der Waals surface area contributed by atoms with E-state index in [1.807, 2.05) is 0 Å². The Labute approximate surface area is 81.6 Å². The number of nitrogens with one attached hydrogen (secondary N) is 1. The minimum Gasteiger partial charge on any atom is -0.384 e. The van der Waals surface area contributed by atoms with Gasteiger partial charge in [0, 0.05) is 18.2 Å². The molecule has 0 aliphatic carbocycles.